The average Bonchev–Trinajstić information content (AvgIpc) is 3.97. The van der Waals surface area contributed by atoms with Crippen molar-refractivity contribution in [2.75, 3.05) is 35.1 Å². The molecule has 0 saturated heterocycles. The van der Waals surface area contributed by atoms with Crippen molar-refractivity contribution in [1.29, 1.82) is 0 Å². The van der Waals surface area contributed by atoms with Crippen LogP contribution in [-0.2, 0) is 22.9 Å². The van der Waals surface area contributed by atoms with E-state index in [1.54, 1.807) is 106 Å². The lowest BCUT2D eigenvalue weighted by Gasteiger charge is -2.23. The first-order valence-electron chi connectivity index (χ1n) is 25.5. The summed E-state index contributed by atoms with van der Waals surface area (Å²) in [5, 5.41) is 40.2. The van der Waals surface area contributed by atoms with Gasteiger partial charge in [0.25, 0.3) is 0 Å². The van der Waals surface area contributed by atoms with Gasteiger partial charge in [-0.3, -0.25) is 10.0 Å². The fraction of sp³-hybridized carbons (Fsp3) is 0.194. The van der Waals surface area contributed by atoms with Crippen LogP contribution in [0.2, 0.25) is 0 Å². The lowest BCUT2D eigenvalue weighted by atomic mass is 10.1. The molecule has 0 bridgehead atoms. The average molecular weight is 1080 g/mol. The number of para-hydroxylation sites is 2. The van der Waals surface area contributed by atoms with Crippen LogP contribution in [0.5, 0.6) is 0 Å². The van der Waals surface area contributed by atoms with Crippen molar-refractivity contribution in [1.82, 2.24) is 9.13 Å². The van der Waals surface area contributed by atoms with Crippen molar-refractivity contribution in [2.45, 2.75) is 81.9 Å². The molecule has 0 fully saturated rings. The maximum atomic E-state index is 14.2. The highest BCUT2D eigenvalue weighted by Crippen LogP contribution is 2.34. The maximum absolute atomic E-state index is 14.2. The molecule has 0 spiro atoms. The molecule has 386 valence electrons. The number of hydrogen-bond donors (Lipinski definition) is 2. The number of aromatic nitrogens is 2. The molecule has 0 aliphatic heterocycles. The summed E-state index contributed by atoms with van der Waals surface area (Å²) in [6, 6.07) is 59.6. The lowest BCUT2D eigenvalue weighted by Crippen LogP contribution is -2.30. The van der Waals surface area contributed by atoms with E-state index in [0.717, 1.165) is 55.8 Å². The number of benzene rings is 8. The molecule has 10 aromatic rings. The summed E-state index contributed by atoms with van der Waals surface area (Å²) >= 11 is 5.02. The van der Waals surface area contributed by atoms with E-state index in [4.69, 9.17) is 10.2 Å². The number of nitrogens with zero attached hydrogens (tertiary/aromatic N) is 6. The number of hydrogen-bond acceptors (Lipinski definition) is 11. The van der Waals surface area contributed by atoms with Gasteiger partial charge < -0.3 is 19.3 Å². The van der Waals surface area contributed by atoms with Gasteiger partial charge in [-0.15, -0.1) is 23.5 Å². The zero-order valence-electron chi connectivity index (χ0n) is 42.9. The van der Waals surface area contributed by atoms with E-state index in [2.05, 4.69) is 151 Å². The van der Waals surface area contributed by atoms with Crippen molar-refractivity contribution in [3.8, 4) is 0 Å². The van der Waals surface area contributed by atoms with E-state index in [0.29, 0.717) is 23.5 Å². The Morgan fingerprint density at radius 1 is 0.513 bits per heavy atom. The molecule has 10 nitrogen and oxygen atoms in total. The summed E-state index contributed by atoms with van der Waals surface area (Å²) in [7, 11) is -3.95. The van der Waals surface area contributed by atoms with Crippen LogP contribution in [0.4, 0.5) is 11.4 Å². The topological polar surface area (TPSA) is 116 Å². The number of thioether (sulfide) groups is 2. The summed E-state index contributed by atoms with van der Waals surface area (Å²) in [5.74, 6) is 0.417. The quantitative estimate of drug-likeness (QED) is 0.0412. The van der Waals surface area contributed by atoms with Crippen LogP contribution in [0.3, 0.4) is 0 Å². The maximum Gasteiger partial charge on any atom is 0.206 e. The van der Waals surface area contributed by atoms with Crippen molar-refractivity contribution in [2.24, 2.45) is 10.2 Å². The molecule has 0 aliphatic rings. The van der Waals surface area contributed by atoms with Crippen LogP contribution in [-0.4, -0.2) is 77.5 Å². The highest BCUT2D eigenvalue weighted by Gasteiger charge is 2.21. The number of sulfone groups is 1. The number of anilines is 2. The molecular formula is C62H60N6O4S4. The van der Waals surface area contributed by atoms with E-state index < -0.39 is 22.0 Å². The monoisotopic (exact) mass is 1080 g/mol. The first kappa shape index (κ1) is 52.7. The second-order valence-corrected chi connectivity index (χ2v) is 23.6. The van der Waals surface area contributed by atoms with Crippen LogP contribution in [0.25, 0.3) is 43.6 Å². The SMILES string of the molecule is CCC(O)CN(/N=C\c1ccc2c(c1)c1ccccc1n2CC)c1ccc(S(=O)(=O)c2ccc(N(CC(O)CSc3ccc(Sc4ccc(SC)cc4)cc3)/N=C\c3ccc4c(c3)c3ccccc3n4CC)cc2)cc1. The number of fused-ring (bicyclic) bond motifs is 6. The van der Waals surface area contributed by atoms with Gasteiger partial charge in [0, 0.05) is 82.0 Å². The van der Waals surface area contributed by atoms with Gasteiger partial charge in [-0.1, -0.05) is 67.2 Å². The number of aliphatic hydroxyl groups excluding tert-OH is 2. The van der Waals surface area contributed by atoms with Crippen LogP contribution in [0, 0.1) is 0 Å². The van der Waals surface area contributed by atoms with Crippen molar-refractivity contribution in [3.63, 3.8) is 0 Å². The molecule has 2 N–H and O–H groups in total. The van der Waals surface area contributed by atoms with Gasteiger partial charge in [-0.25, -0.2) is 8.42 Å². The molecule has 14 heteroatoms. The van der Waals surface area contributed by atoms with Gasteiger partial charge >= 0.3 is 0 Å². The Bertz CT molecular complexity index is 3800. The Hall–Kier alpha value is -6.78. The van der Waals surface area contributed by atoms with Crippen molar-refractivity contribution >= 4 is 113 Å². The number of aliphatic hydroxyl groups is 2. The van der Waals surface area contributed by atoms with E-state index in [1.807, 2.05) is 19.1 Å². The molecule has 2 atom stereocenters. The van der Waals surface area contributed by atoms with Crippen LogP contribution >= 0.6 is 35.3 Å². The van der Waals surface area contributed by atoms with Crippen LogP contribution < -0.4 is 10.0 Å². The molecular weight excluding hydrogens is 1020 g/mol. The molecule has 0 amide bonds. The molecule has 76 heavy (non-hydrogen) atoms. The first-order valence-corrected chi connectivity index (χ1v) is 30.1. The standard InChI is InChI=1S/C62H60N6O4S4/c1-5-47(69)40-67(63-38-43-16-34-61-57(36-43)55-12-8-10-14-59(55)65(61)6-2)45-18-30-53(31-19-45)76(71,72)54-32-20-46(21-33-54)68(64-39-44-17-35-62-58(37-44)56-13-9-11-15-60(56)66(62)7-3)41-48(70)42-74-50-24-28-52(29-25-50)75-51-26-22-49(73-4)23-27-51/h8-39,47-48,69-70H,5-7,40-42H2,1-4H3/b63-38-,64-39-. The summed E-state index contributed by atoms with van der Waals surface area (Å²) in [6.07, 6.45) is 4.76. The van der Waals surface area contributed by atoms with E-state index in [9.17, 15) is 18.6 Å². The third-order valence-corrected chi connectivity index (χ3v) is 18.3. The second kappa shape index (κ2) is 23.6. The third kappa shape index (κ3) is 11.5. The fourth-order valence-corrected chi connectivity index (χ4v) is 12.9. The minimum Gasteiger partial charge on any atom is -0.391 e. The molecule has 0 saturated carbocycles. The number of hydrazone groups is 2. The van der Waals surface area contributed by atoms with Gasteiger partial charge in [0.2, 0.25) is 9.84 Å². The first-order chi connectivity index (χ1) is 37.0. The Balaban J connectivity index is 0.873. The van der Waals surface area contributed by atoms with E-state index >= 15 is 0 Å². The second-order valence-electron chi connectivity index (χ2n) is 18.5. The Kier molecular flexibility index (Phi) is 16.4. The molecule has 8 aromatic carbocycles. The molecule has 0 radical (unpaired) electrons. The van der Waals surface area contributed by atoms with Crippen LogP contribution in [0.15, 0.2) is 222 Å². The zero-order valence-corrected chi connectivity index (χ0v) is 46.2. The zero-order chi connectivity index (χ0) is 52.8. The highest BCUT2D eigenvalue weighted by atomic mass is 32.2. The van der Waals surface area contributed by atoms with Gasteiger partial charge in [-0.2, -0.15) is 10.2 Å². The van der Waals surface area contributed by atoms with Gasteiger partial charge in [0.1, 0.15) is 0 Å². The minimum absolute atomic E-state index is 0.122. The number of aryl methyl sites for hydroxylation is 2. The number of rotatable bonds is 21. The highest BCUT2D eigenvalue weighted by molar-refractivity contribution is 8.00. The molecule has 2 aromatic heterocycles. The molecule has 2 heterocycles. The Morgan fingerprint density at radius 2 is 0.934 bits per heavy atom. The fourth-order valence-electron chi connectivity index (χ4n) is 9.58. The Labute approximate surface area is 457 Å². The lowest BCUT2D eigenvalue weighted by molar-refractivity contribution is 0.176. The smallest absolute Gasteiger partial charge is 0.206 e. The molecule has 2 unspecified atom stereocenters. The predicted octanol–water partition coefficient (Wildman–Crippen LogP) is 14.3. The van der Waals surface area contributed by atoms with Crippen LogP contribution in [0.1, 0.15) is 38.3 Å². The van der Waals surface area contributed by atoms with Crippen molar-refractivity contribution in [3.05, 3.63) is 193 Å². The molecule has 10 rings (SSSR count). The van der Waals surface area contributed by atoms with E-state index in [1.165, 1.54) is 31.6 Å². The summed E-state index contributed by atoms with van der Waals surface area (Å²) < 4.78 is 33.1. The normalized spacial score (nSPS) is 13.0. The molecule has 0 aliphatic carbocycles. The summed E-state index contributed by atoms with van der Waals surface area (Å²) in [4.78, 5) is 4.84. The van der Waals surface area contributed by atoms with Gasteiger partial charge in [0.15, 0.2) is 0 Å². The van der Waals surface area contributed by atoms with E-state index in [-0.39, 0.29) is 22.9 Å². The predicted molar refractivity (Wildman–Crippen MR) is 320 cm³/mol. The summed E-state index contributed by atoms with van der Waals surface area (Å²) in [5.41, 5.74) is 7.74. The minimum atomic E-state index is -3.95. The largest absolute Gasteiger partial charge is 0.391 e. The van der Waals surface area contributed by atoms with Gasteiger partial charge in [0.05, 0.1) is 58.9 Å². The van der Waals surface area contributed by atoms with Gasteiger partial charge in [-0.05, 0) is 171 Å². The summed E-state index contributed by atoms with van der Waals surface area (Å²) in [6.45, 7) is 8.30. The van der Waals surface area contributed by atoms with Crippen molar-refractivity contribution < 1.29 is 18.6 Å². The third-order valence-electron chi connectivity index (χ3n) is 13.6. The Morgan fingerprint density at radius 3 is 1.38 bits per heavy atom.